The van der Waals surface area contributed by atoms with Gasteiger partial charge in [-0.05, 0) is 80.6 Å². The number of rotatable bonds is 10. The van der Waals surface area contributed by atoms with Gasteiger partial charge in [-0.2, -0.15) is 4.31 Å². The molecule has 0 fully saturated rings. The van der Waals surface area contributed by atoms with Crippen molar-refractivity contribution in [3.05, 3.63) is 58.1 Å². The first-order valence-corrected chi connectivity index (χ1v) is 14.5. The highest BCUT2D eigenvalue weighted by molar-refractivity contribution is 7.89. The normalized spacial score (nSPS) is 15.1. The first kappa shape index (κ1) is 29.8. The monoisotopic (exact) mass is 543 g/mol. The number of benzene rings is 2. The molecule has 3 rings (SSSR count). The fourth-order valence-corrected chi connectivity index (χ4v) is 6.54. The fraction of sp³-hybridized carbons (Fsp3) is 0.517. The van der Waals surface area contributed by atoms with Crippen molar-refractivity contribution in [2.75, 3.05) is 47.9 Å². The summed E-state index contributed by atoms with van der Waals surface area (Å²) in [5, 5.41) is 0. The lowest BCUT2D eigenvalue weighted by molar-refractivity contribution is -0.133. The maximum absolute atomic E-state index is 13.2. The van der Waals surface area contributed by atoms with Crippen LogP contribution in [0.5, 0.6) is 5.75 Å². The van der Waals surface area contributed by atoms with Gasteiger partial charge >= 0.3 is 0 Å². The molecular weight excluding hydrogens is 502 g/mol. The number of hydrogen-bond donors (Lipinski definition) is 0. The predicted octanol–water partition coefficient (Wildman–Crippen LogP) is 3.53. The summed E-state index contributed by atoms with van der Waals surface area (Å²) in [6.45, 7) is 7.17. The summed E-state index contributed by atoms with van der Waals surface area (Å²) in [6, 6.07) is 9.66. The van der Waals surface area contributed by atoms with Crippen molar-refractivity contribution in [2.24, 2.45) is 0 Å². The van der Waals surface area contributed by atoms with Crippen molar-refractivity contribution >= 4 is 21.7 Å². The maximum atomic E-state index is 13.2. The summed E-state index contributed by atoms with van der Waals surface area (Å²) in [4.78, 5) is 29.8. The first-order valence-electron chi connectivity index (χ1n) is 13.0. The molecule has 0 spiro atoms. The SMILES string of the molecule is COc1cc(C)c(S(=O)(=O)N(C)CC(=O)CCC(=O)N(C)C(C)c2ccc3c(c2)CCN(C)CC3)c(C)c1. The molecule has 208 valence electrons. The first-order chi connectivity index (χ1) is 17.8. The van der Waals surface area contributed by atoms with E-state index in [1.54, 1.807) is 37.9 Å². The molecule has 2 aromatic rings. The van der Waals surface area contributed by atoms with Crippen LogP contribution in [0.2, 0.25) is 0 Å². The Morgan fingerprint density at radius 2 is 1.61 bits per heavy atom. The van der Waals surface area contributed by atoms with E-state index in [9.17, 15) is 18.0 Å². The highest BCUT2D eigenvalue weighted by Crippen LogP contribution is 2.28. The van der Waals surface area contributed by atoms with E-state index in [4.69, 9.17) is 4.74 Å². The number of methoxy groups -OCH3 is 1. The van der Waals surface area contributed by atoms with Gasteiger partial charge in [0, 0.05) is 40.0 Å². The summed E-state index contributed by atoms with van der Waals surface area (Å²) in [5.41, 5.74) is 4.88. The Hall–Kier alpha value is -2.75. The molecule has 0 aromatic heterocycles. The summed E-state index contributed by atoms with van der Waals surface area (Å²) in [7, 11) is 2.93. The second kappa shape index (κ2) is 12.4. The number of nitrogens with zero attached hydrogens (tertiary/aromatic N) is 3. The van der Waals surface area contributed by atoms with Crippen LogP contribution >= 0.6 is 0 Å². The van der Waals surface area contributed by atoms with Crippen LogP contribution < -0.4 is 4.74 Å². The number of carbonyl (C=O) groups is 2. The summed E-state index contributed by atoms with van der Waals surface area (Å²) in [5.74, 6) is 0.129. The van der Waals surface area contributed by atoms with E-state index in [1.165, 1.54) is 25.3 Å². The fourth-order valence-electron chi connectivity index (χ4n) is 4.98. The van der Waals surface area contributed by atoms with Crippen LogP contribution in [0.4, 0.5) is 0 Å². The van der Waals surface area contributed by atoms with Crippen molar-refractivity contribution in [3.63, 3.8) is 0 Å². The van der Waals surface area contributed by atoms with Gasteiger partial charge in [0.15, 0.2) is 0 Å². The smallest absolute Gasteiger partial charge is 0.243 e. The van der Waals surface area contributed by atoms with Crippen LogP contribution in [0, 0.1) is 13.8 Å². The van der Waals surface area contributed by atoms with Crippen molar-refractivity contribution in [2.45, 2.75) is 57.4 Å². The lowest BCUT2D eigenvalue weighted by Gasteiger charge is -2.26. The summed E-state index contributed by atoms with van der Waals surface area (Å²) < 4.78 is 32.7. The van der Waals surface area contributed by atoms with Crippen LogP contribution in [-0.4, -0.2) is 82.1 Å². The molecule has 8 nitrogen and oxygen atoms in total. The number of aryl methyl sites for hydroxylation is 2. The van der Waals surface area contributed by atoms with Crippen LogP contribution in [0.25, 0.3) is 0 Å². The van der Waals surface area contributed by atoms with Crippen LogP contribution in [-0.2, 0) is 32.5 Å². The molecule has 1 amide bonds. The largest absolute Gasteiger partial charge is 0.497 e. The van der Waals surface area contributed by atoms with Gasteiger partial charge in [-0.25, -0.2) is 8.42 Å². The Labute approximate surface area is 227 Å². The second-order valence-corrected chi connectivity index (χ2v) is 12.4. The number of fused-ring (bicyclic) bond motifs is 1. The molecule has 1 atom stereocenters. The summed E-state index contributed by atoms with van der Waals surface area (Å²) in [6.07, 6.45) is 2.03. The minimum atomic E-state index is -3.88. The Kier molecular flexibility index (Phi) is 9.73. The number of ketones is 1. The van der Waals surface area contributed by atoms with Gasteiger partial charge in [0.1, 0.15) is 11.5 Å². The Balaban J connectivity index is 1.59. The van der Waals surface area contributed by atoms with Gasteiger partial charge in [0.05, 0.1) is 24.6 Å². The van der Waals surface area contributed by atoms with E-state index >= 15 is 0 Å². The zero-order valence-corrected chi connectivity index (χ0v) is 24.5. The van der Waals surface area contributed by atoms with E-state index in [2.05, 4.69) is 30.1 Å². The molecule has 1 aliphatic rings. The number of amides is 1. The zero-order chi connectivity index (χ0) is 28.2. The highest BCUT2D eigenvalue weighted by Gasteiger charge is 2.27. The number of ether oxygens (including phenoxy) is 1. The number of Topliss-reactive ketones (excluding diaryl/α,β-unsaturated/α-hetero) is 1. The molecule has 0 aliphatic carbocycles. The van der Waals surface area contributed by atoms with Crippen molar-refractivity contribution in [1.82, 2.24) is 14.1 Å². The van der Waals surface area contributed by atoms with E-state index in [1.807, 2.05) is 6.92 Å². The average Bonchev–Trinajstić information content (AvgIpc) is 3.06. The average molecular weight is 544 g/mol. The molecular formula is C29H41N3O5S. The van der Waals surface area contributed by atoms with E-state index in [-0.39, 0.29) is 42.0 Å². The van der Waals surface area contributed by atoms with Gasteiger partial charge in [0.25, 0.3) is 0 Å². The van der Waals surface area contributed by atoms with Gasteiger partial charge in [-0.15, -0.1) is 0 Å². The molecule has 0 saturated carbocycles. The molecule has 0 bridgehead atoms. The molecule has 9 heteroatoms. The van der Waals surface area contributed by atoms with Gasteiger partial charge in [0.2, 0.25) is 15.9 Å². The molecule has 1 unspecified atom stereocenters. The molecule has 0 radical (unpaired) electrons. The Morgan fingerprint density at radius 1 is 1.00 bits per heavy atom. The van der Waals surface area contributed by atoms with Gasteiger partial charge in [-0.1, -0.05) is 18.2 Å². The minimum absolute atomic E-state index is 0.0210. The Morgan fingerprint density at radius 3 is 2.21 bits per heavy atom. The standard InChI is InChI=1S/C29H41N3O5S/c1-20-16-27(37-7)17-21(2)29(20)38(35,36)31(5)19-26(33)10-11-28(34)32(6)22(3)24-9-8-23-12-14-30(4)15-13-25(23)18-24/h8-9,16-18,22H,10-15,19H2,1-7H3. The van der Waals surface area contributed by atoms with E-state index < -0.39 is 10.0 Å². The Bertz CT molecular complexity index is 1270. The molecule has 2 aromatic carbocycles. The predicted molar refractivity (Wildman–Crippen MR) is 149 cm³/mol. The van der Waals surface area contributed by atoms with Gasteiger partial charge in [-0.3, -0.25) is 9.59 Å². The third kappa shape index (κ3) is 6.81. The molecule has 38 heavy (non-hydrogen) atoms. The maximum Gasteiger partial charge on any atom is 0.243 e. The van der Waals surface area contributed by atoms with E-state index in [0.29, 0.717) is 16.9 Å². The quantitative estimate of drug-likeness (QED) is 0.456. The minimum Gasteiger partial charge on any atom is -0.497 e. The number of likely N-dealkylation sites (N-methyl/N-ethyl adjacent to an activating group) is 2. The van der Waals surface area contributed by atoms with Crippen LogP contribution in [0.15, 0.2) is 35.2 Å². The molecule has 1 aliphatic heterocycles. The number of sulfonamides is 1. The van der Waals surface area contributed by atoms with Crippen molar-refractivity contribution in [1.29, 1.82) is 0 Å². The molecule has 0 saturated heterocycles. The zero-order valence-electron chi connectivity index (χ0n) is 23.7. The van der Waals surface area contributed by atoms with Crippen molar-refractivity contribution < 1.29 is 22.7 Å². The third-order valence-corrected chi connectivity index (χ3v) is 9.68. The van der Waals surface area contributed by atoms with Crippen LogP contribution in [0.1, 0.15) is 53.6 Å². The number of hydrogen-bond acceptors (Lipinski definition) is 6. The highest BCUT2D eigenvalue weighted by atomic mass is 32.2. The number of carbonyl (C=O) groups excluding carboxylic acids is 2. The second-order valence-electron chi connectivity index (χ2n) is 10.4. The van der Waals surface area contributed by atoms with Gasteiger partial charge < -0.3 is 14.5 Å². The lowest BCUT2D eigenvalue weighted by atomic mass is 9.96. The molecule has 1 heterocycles. The summed E-state index contributed by atoms with van der Waals surface area (Å²) >= 11 is 0. The van der Waals surface area contributed by atoms with Crippen molar-refractivity contribution in [3.8, 4) is 5.75 Å². The van der Waals surface area contributed by atoms with Crippen LogP contribution in [0.3, 0.4) is 0 Å². The van der Waals surface area contributed by atoms with E-state index in [0.717, 1.165) is 35.8 Å². The topological polar surface area (TPSA) is 87.2 Å². The molecule has 0 N–H and O–H groups in total. The lowest BCUT2D eigenvalue weighted by Crippen LogP contribution is -2.34. The third-order valence-electron chi connectivity index (χ3n) is 7.57.